The van der Waals surface area contributed by atoms with E-state index >= 15 is 0 Å². The summed E-state index contributed by atoms with van der Waals surface area (Å²) in [6.45, 7) is 4.33. The van der Waals surface area contributed by atoms with Crippen molar-refractivity contribution in [2.75, 3.05) is 13.7 Å². The summed E-state index contributed by atoms with van der Waals surface area (Å²) in [5.41, 5.74) is 1.94. The fourth-order valence-corrected chi connectivity index (χ4v) is 3.00. The van der Waals surface area contributed by atoms with Crippen LogP contribution in [0.1, 0.15) is 31.9 Å². The number of nitrogens with one attached hydrogen (secondary N) is 1. The first kappa shape index (κ1) is 16.5. The van der Waals surface area contributed by atoms with E-state index in [0.29, 0.717) is 17.8 Å². The largest absolute Gasteiger partial charge is 0.466 e. The zero-order valence-electron chi connectivity index (χ0n) is 12.9. The number of urea groups is 1. The molecule has 1 aromatic carbocycles. The Morgan fingerprint density at radius 3 is 2.77 bits per heavy atom. The van der Waals surface area contributed by atoms with E-state index in [2.05, 4.69) is 21.2 Å². The number of nitrogens with zero attached hydrogens (tertiary/aromatic N) is 1. The van der Waals surface area contributed by atoms with E-state index in [1.54, 1.807) is 11.8 Å². The number of carbonyl (C=O) groups excluding carboxylic acids is 2. The zero-order chi connectivity index (χ0) is 16.3. The summed E-state index contributed by atoms with van der Waals surface area (Å²) in [5, 5.41) is 2.90. The van der Waals surface area contributed by atoms with Crippen molar-refractivity contribution in [3.63, 3.8) is 0 Å². The second kappa shape index (κ2) is 6.96. The van der Waals surface area contributed by atoms with E-state index in [1.807, 2.05) is 31.2 Å². The first-order valence-corrected chi connectivity index (χ1v) is 7.91. The van der Waals surface area contributed by atoms with Gasteiger partial charge in [0.1, 0.15) is 0 Å². The number of carbonyl (C=O) groups is 2. The molecule has 0 aliphatic carbocycles. The van der Waals surface area contributed by atoms with Gasteiger partial charge in [0, 0.05) is 16.7 Å². The van der Waals surface area contributed by atoms with Crippen molar-refractivity contribution in [1.29, 1.82) is 0 Å². The van der Waals surface area contributed by atoms with Crippen molar-refractivity contribution in [2.24, 2.45) is 0 Å². The quantitative estimate of drug-likeness (QED) is 0.831. The predicted molar refractivity (Wildman–Crippen MR) is 87.1 cm³/mol. The van der Waals surface area contributed by atoms with Crippen LogP contribution in [0.15, 0.2) is 40.0 Å². The molecule has 0 spiro atoms. The third kappa shape index (κ3) is 3.16. The molecule has 5 nitrogen and oxygen atoms in total. The number of esters is 1. The maximum absolute atomic E-state index is 12.3. The van der Waals surface area contributed by atoms with Crippen molar-refractivity contribution in [2.45, 2.75) is 26.3 Å². The Hall–Kier alpha value is -1.82. The van der Waals surface area contributed by atoms with Crippen LogP contribution in [0.5, 0.6) is 0 Å². The van der Waals surface area contributed by atoms with Gasteiger partial charge in [0.05, 0.1) is 18.7 Å². The summed E-state index contributed by atoms with van der Waals surface area (Å²) in [7, 11) is 1.35. The van der Waals surface area contributed by atoms with E-state index in [1.165, 1.54) is 7.11 Å². The lowest BCUT2D eigenvalue weighted by molar-refractivity contribution is -0.136. The van der Waals surface area contributed by atoms with E-state index in [0.717, 1.165) is 16.5 Å². The molecule has 1 aliphatic heterocycles. The number of ether oxygens (including phenoxy) is 1. The molecule has 0 aromatic heterocycles. The number of hydrogen-bond donors (Lipinski definition) is 1. The molecule has 2 amide bonds. The highest BCUT2D eigenvalue weighted by Gasteiger charge is 2.35. The van der Waals surface area contributed by atoms with Gasteiger partial charge in [0.25, 0.3) is 0 Å². The van der Waals surface area contributed by atoms with E-state index in [4.69, 9.17) is 4.74 Å². The van der Waals surface area contributed by atoms with Crippen LogP contribution in [0.2, 0.25) is 0 Å². The summed E-state index contributed by atoms with van der Waals surface area (Å²) < 4.78 is 5.80. The predicted octanol–water partition coefficient (Wildman–Crippen LogP) is 3.37. The minimum atomic E-state index is -0.509. The van der Waals surface area contributed by atoms with Gasteiger partial charge in [-0.25, -0.2) is 9.59 Å². The van der Waals surface area contributed by atoms with Crippen LogP contribution in [0.3, 0.4) is 0 Å². The minimum absolute atomic E-state index is 0.197. The molecule has 0 bridgehead atoms. The molecule has 0 saturated carbocycles. The van der Waals surface area contributed by atoms with Gasteiger partial charge in [-0.3, -0.25) is 4.90 Å². The molecule has 1 aromatic rings. The molecule has 0 fully saturated rings. The first-order valence-electron chi connectivity index (χ1n) is 7.12. The van der Waals surface area contributed by atoms with Gasteiger partial charge in [0.2, 0.25) is 0 Å². The Bertz CT molecular complexity index is 628. The van der Waals surface area contributed by atoms with Crippen LogP contribution in [0.4, 0.5) is 4.79 Å². The molecule has 1 heterocycles. The van der Waals surface area contributed by atoms with Gasteiger partial charge in [-0.05, 0) is 31.0 Å². The molecule has 1 atom stereocenters. The van der Waals surface area contributed by atoms with Crippen LogP contribution in [-0.2, 0) is 9.53 Å². The summed E-state index contributed by atoms with van der Waals surface area (Å²) in [6, 6.07) is 6.82. The fourth-order valence-electron chi connectivity index (χ4n) is 2.58. The smallest absolute Gasteiger partial charge is 0.337 e. The van der Waals surface area contributed by atoms with Crippen molar-refractivity contribution >= 4 is 27.9 Å². The molecule has 1 unspecified atom stereocenters. The van der Waals surface area contributed by atoms with Gasteiger partial charge < -0.3 is 10.1 Å². The Labute approximate surface area is 138 Å². The maximum Gasteiger partial charge on any atom is 0.337 e. The zero-order valence-corrected chi connectivity index (χ0v) is 14.4. The standard InChI is InChI=1S/C16H19BrN2O3/c1-4-8-19-10(2)13(15(20)22-3)14(18-16(19)21)11-6-5-7-12(17)9-11/h5-7,9,14H,4,8H2,1-3H3,(H,18,21). The minimum Gasteiger partial charge on any atom is -0.466 e. The molecule has 1 aliphatic rings. The van der Waals surface area contributed by atoms with Gasteiger partial charge >= 0.3 is 12.0 Å². The second-order valence-electron chi connectivity index (χ2n) is 5.08. The highest BCUT2D eigenvalue weighted by molar-refractivity contribution is 9.10. The lowest BCUT2D eigenvalue weighted by atomic mass is 9.95. The topological polar surface area (TPSA) is 58.6 Å². The van der Waals surface area contributed by atoms with Gasteiger partial charge in [0.15, 0.2) is 0 Å². The van der Waals surface area contributed by atoms with E-state index < -0.39 is 12.0 Å². The summed E-state index contributed by atoms with van der Waals surface area (Å²) in [4.78, 5) is 26.2. The SMILES string of the molecule is CCCN1C(=O)NC(c2cccc(Br)c2)C(C(=O)OC)=C1C. The highest BCUT2D eigenvalue weighted by Crippen LogP contribution is 2.32. The van der Waals surface area contributed by atoms with Crippen LogP contribution in [0.25, 0.3) is 0 Å². The van der Waals surface area contributed by atoms with Crippen molar-refractivity contribution in [1.82, 2.24) is 10.2 Å². The normalized spacial score (nSPS) is 18.3. The number of halogens is 1. The van der Waals surface area contributed by atoms with Gasteiger partial charge in [-0.15, -0.1) is 0 Å². The molecule has 0 radical (unpaired) electrons. The molecular formula is C16H19BrN2O3. The summed E-state index contributed by atoms with van der Waals surface area (Å²) >= 11 is 3.41. The van der Waals surface area contributed by atoms with Crippen LogP contribution >= 0.6 is 15.9 Å². The van der Waals surface area contributed by atoms with Crippen LogP contribution in [0, 0.1) is 0 Å². The molecule has 1 N–H and O–H groups in total. The van der Waals surface area contributed by atoms with Crippen LogP contribution < -0.4 is 5.32 Å². The van der Waals surface area contributed by atoms with E-state index in [-0.39, 0.29) is 6.03 Å². The number of allylic oxidation sites excluding steroid dienone is 1. The average Bonchev–Trinajstić information content (AvgIpc) is 2.50. The Morgan fingerprint density at radius 2 is 2.18 bits per heavy atom. The molecule has 6 heteroatoms. The Kier molecular flexibility index (Phi) is 5.24. The third-order valence-electron chi connectivity index (χ3n) is 3.63. The summed E-state index contributed by atoms with van der Waals surface area (Å²) in [6.07, 6.45) is 0.806. The second-order valence-corrected chi connectivity index (χ2v) is 6.00. The lowest BCUT2D eigenvalue weighted by Crippen LogP contribution is -2.48. The highest BCUT2D eigenvalue weighted by atomic mass is 79.9. The van der Waals surface area contributed by atoms with Crippen molar-refractivity contribution in [3.8, 4) is 0 Å². The number of rotatable bonds is 4. The third-order valence-corrected chi connectivity index (χ3v) is 4.12. The molecular weight excluding hydrogens is 348 g/mol. The van der Waals surface area contributed by atoms with Crippen molar-refractivity contribution in [3.05, 3.63) is 45.6 Å². The number of methoxy groups -OCH3 is 1. The molecule has 118 valence electrons. The number of benzene rings is 1. The molecule has 0 saturated heterocycles. The van der Waals surface area contributed by atoms with E-state index in [9.17, 15) is 9.59 Å². The Balaban J connectivity index is 2.53. The summed E-state index contributed by atoms with van der Waals surface area (Å²) in [5.74, 6) is -0.427. The lowest BCUT2D eigenvalue weighted by Gasteiger charge is -2.35. The van der Waals surface area contributed by atoms with Gasteiger partial charge in [-0.2, -0.15) is 0 Å². The average molecular weight is 367 g/mol. The van der Waals surface area contributed by atoms with Crippen molar-refractivity contribution < 1.29 is 14.3 Å². The Morgan fingerprint density at radius 1 is 1.45 bits per heavy atom. The molecule has 2 rings (SSSR count). The van der Waals surface area contributed by atoms with Gasteiger partial charge in [-0.1, -0.05) is 35.0 Å². The monoisotopic (exact) mass is 366 g/mol. The van der Waals surface area contributed by atoms with Crippen LogP contribution in [-0.4, -0.2) is 30.6 Å². The molecule has 22 heavy (non-hydrogen) atoms. The first-order chi connectivity index (χ1) is 10.5. The number of hydrogen-bond acceptors (Lipinski definition) is 3. The maximum atomic E-state index is 12.3. The number of amides is 2. The fraction of sp³-hybridized carbons (Fsp3) is 0.375.